The Morgan fingerprint density at radius 2 is 1.44 bits per heavy atom. The van der Waals surface area contributed by atoms with E-state index in [9.17, 15) is 4.39 Å². The van der Waals surface area contributed by atoms with Crippen LogP contribution in [0.4, 0.5) is 4.39 Å². The number of aryl methyl sites for hydroxylation is 2. The molecule has 2 nitrogen and oxygen atoms in total. The maximum atomic E-state index is 13.3. The van der Waals surface area contributed by atoms with Crippen molar-refractivity contribution in [3.05, 3.63) is 96.4 Å². The van der Waals surface area contributed by atoms with Crippen LogP contribution in [0.2, 0.25) is 0 Å². The van der Waals surface area contributed by atoms with Gasteiger partial charge in [0.05, 0.1) is 5.56 Å². The molecular weight excluding hydrogens is 335 g/mol. The zero-order chi connectivity index (χ0) is 18.8. The topological polar surface area (TPSA) is 16.8 Å². The van der Waals surface area contributed by atoms with Crippen LogP contribution in [0.25, 0.3) is 33.8 Å². The summed E-state index contributed by atoms with van der Waals surface area (Å²) in [4.78, 5) is 4.98. The Morgan fingerprint density at radius 1 is 0.778 bits per heavy atom. The van der Waals surface area contributed by atoms with Gasteiger partial charge in [0.25, 0.3) is 0 Å². The first-order valence-corrected chi connectivity index (χ1v) is 8.91. The monoisotopic (exact) mass is 355 g/mol. The van der Waals surface area contributed by atoms with Gasteiger partial charge in [-0.05, 0) is 42.8 Å². The molecule has 4 aromatic rings. The molecule has 0 aliphatic carbocycles. The van der Waals surface area contributed by atoms with Crippen LogP contribution in [0.15, 0.2) is 85.1 Å². The third-order valence-electron chi connectivity index (χ3n) is 4.71. The van der Waals surface area contributed by atoms with Crippen molar-refractivity contribution in [1.29, 1.82) is 0 Å². The van der Waals surface area contributed by atoms with Gasteiger partial charge in [0.2, 0.25) is 5.69 Å². The molecule has 3 aromatic carbocycles. The van der Waals surface area contributed by atoms with Gasteiger partial charge in [-0.25, -0.2) is 9.37 Å². The zero-order valence-electron chi connectivity index (χ0n) is 15.4. The lowest BCUT2D eigenvalue weighted by Crippen LogP contribution is -2.32. The van der Waals surface area contributed by atoms with Gasteiger partial charge in [0.1, 0.15) is 24.3 Å². The fourth-order valence-corrected chi connectivity index (χ4v) is 3.33. The third-order valence-corrected chi connectivity index (χ3v) is 4.71. The Balaban J connectivity index is 1.99. The summed E-state index contributed by atoms with van der Waals surface area (Å²) < 4.78 is 15.4. The fourth-order valence-electron chi connectivity index (χ4n) is 3.33. The van der Waals surface area contributed by atoms with Crippen LogP contribution in [0.1, 0.15) is 5.56 Å². The molecule has 0 unspecified atom stereocenters. The molecule has 0 amide bonds. The highest BCUT2D eigenvalue weighted by molar-refractivity contribution is 5.78. The Hall–Kier alpha value is -3.33. The van der Waals surface area contributed by atoms with Crippen molar-refractivity contribution in [2.45, 2.75) is 6.92 Å². The minimum absolute atomic E-state index is 0.247. The van der Waals surface area contributed by atoms with Crippen LogP contribution in [-0.2, 0) is 7.05 Å². The van der Waals surface area contributed by atoms with Crippen LogP contribution in [-0.4, -0.2) is 4.98 Å². The average molecular weight is 355 g/mol. The van der Waals surface area contributed by atoms with Gasteiger partial charge in [-0.1, -0.05) is 48.5 Å². The van der Waals surface area contributed by atoms with E-state index in [1.54, 1.807) is 12.1 Å². The Morgan fingerprint density at radius 3 is 2.15 bits per heavy atom. The first kappa shape index (κ1) is 17.1. The Bertz CT molecular complexity index is 1090. The quantitative estimate of drug-likeness (QED) is 0.452. The molecule has 0 aliphatic rings. The number of benzene rings is 3. The summed E-state index contributed by atoms with van der Waals surface area (Å²) in [5.74, 6) is -0.247. The van der Waals surface area contributed by atoms with E-state index < -0.39 is 0 Å². The smallest absolute Gasteiger partial charge is 0.234 e. The number of halogens is 1. The minimum Gasteiger partial charge on any atom is -0.234 e. The van der Waals surface area contributed by atoms with Crippen molar-refractivity contribution in [2.75, 3.05) is 0 Å². The van der Waals surface area contributed by atoms with Gasteiger partial charge >= 0.3 is 0 Å². The normalized spacial score (nSPS) is 10.8. The van der Waals surface area contributed by atoms with Gasteiger partial charge in [0.15, 0.2) is 6.20 Å². The highest BCUT2D eigenvalue weighted by atomic mass is 19.1. The van der Waals surface area contributed by atoms with E-state index in [0.29, 0.717) is 0 Å². The highest BCUT2D eigenvalue weighted by Gasteiger charge is 2.22. The minimum atomic E-state index is -0.247. The molecule has 1 aromatic heterocycles. The molecule has 0 saturated carbocycles. The Kier molecular flexibility index (Phi) is 4.51. The molecule has 0 fully saturated rings. The molecule has 3 heteroatoms. The number of aromatic nitrogens is 2. The molecule has 0 saturated heterocycles. The van der Waals surface area contributed by atoms with Crippen LogP contribution < -0.4 is 4.57 Å². The van der Waals surface area contributed by atoms with E-state index in [4.69, 9.17) is 4.98 Å². The molecule has 0 aliphatic heterocycles. The van der Waals surface area contributed by atoms with Crippen LogP contribution >= 0.6 is 0 Å². The third kappa shape index (κ3) is 3.36. The van der Waals surface area contributed by atoms with E-state index in [1.165, 1.54) is 17.7 Å². The zero-order valence-corrected chi connectivity index (χ0v) is 15.4. The van der Waals surface area contributed by atoms with Crippen molar-refractivity contribution in [3.63, 3.8) is 0 Å². The van der Waals surface area contributed by atoms with Gasteiger partial charge in [-0.3, -0.25) is 0 Å². The second-order valence-electron chi connectivity index (χ2n) is 6.62. The SMILES string of the molecule is Cc1ccccc1-c1c(-c2ccccc2)nc(-c2ccc(F)cc2)c[n+]1C. The van der Waals surface area contributed by atoms with Crippen LogP contribution in [0.5, 0.6) is 0 Å². The second-order valence-corrected chi connectivity index (χ2v) is 6.62. The maximum Gasteiger partial charge on any atom is 0.239 e. The van der Waals surface area contributed by atoms with E-state index in [2.05, 4.69) is 35.8 Å². The van der Waals surface area contributed by atoms with Gasteiger partial charge in [-0.15, -0.1) is 0 Å². The highest BCUT2D eigenvalue weighted by Crippen LogP contribution is 2.31. The molecule has 4 rings (SSSR count). The standard InChI is InChI=1S/C24H20FN2/c1-17-8-6-7-11-21(17)24-23(19-9-4-3-5-10-19)26-22(16-27(24)2)18-12-14-20(25)15-13-18/h3-16H,1-2H3/q+1. The summed E-state index contributed by atoms with van der Waals surface area (Å²) in [6, 6.07) is 25.0. The molecule has 0 bridgehead atoms. The predicted molar refractivity (Wildman–Crippen MR) is 106 cm³/mol. The molecule has 0 atom stereocenters. The lowest BCUT2D eigenvalue weighted by Gasteiger charge is -2.11. The summed E-state index contributed by atoms with van der Waals surface area (Å²) >= 11 is 0. The van der Waals surface area contributed by atoms with E-state index in [0.717, 1.165) is 33.8 Å². The van der Waals surface area contributed by atoms with E-state index in [1.807, 2.05) is 43.6 Å². The predicted octanol–water partition coefficient (Wildman–Crippen LogP) is 5.35. The molecule has 27 heavy (non-hydrogen) atoms. The number of nitrogens with zero attached hydrogens (tertiary/aromatic N) is 2. The van der Waals surface area contributed by atoms with E-state index in [-0.39, 0.29) is 5.82 Å². The van der Waals surface area contributed by atoms with Gasteiger partial charge in [-0.2, -0.15) is 4.57 Å². The summed E-state index contributed by atoms with van der Waals surface area (Å²) in [5.41, 5.74) is 7.07. The molecule has 132 valence electrons. The summed E-state index contributed by atoms with van der Waals surface area (Å²) in [6.07, 6.45) is 2.00. The van der Waals surface area contributed by atoms with Crippen molar-refractivity contribution >= 4 is 0 Å². The van der Waals surface area contributed by atoms with Crippen molar-refractivity contribution < 1.29 is 8.96 Å². The van der Waals surface area contributed by atoms with E-state index >= 15 is 0 Å². The van der Waals surface area contributed by atoms with Gasteiger partial charge in [0, 0.05) is 11.1 Å². The number of rotatable bonds is 3. The lowest BCUT2D eigenvalue weighted by molar-refractivity contribution is -0.659. The lowest BCUT2D eigenvalue weighted by atomic mass is 9.99. The van der Waals surface area contributed by atoms with Crippen molar-refractivity contribution in [1.82, 2.24) is 4.98 Å². The second kappa shape index (κ2) is 7.12. The molecule has 0 radical (unpaired) electrons. The molecule has 1 heterocycles. The Labute approximate surface area is 158 Å². The summed E-state index contributed by atoms with van der Waals surface area (Å²) in [5, 5.41) is 0. The first-order valence-electron chi connectivity index (χ1n) is 8.91. The summed E-state index contributed by atoms with van der Waals surface area (Å²) in [6.45, 7) is 2.11. The summed E-state index contributed by atoms with van der Waals surface area (Å²) in [7, 11) is 2.03. The fraction of sp³-hybridized carbons (Fsp3) is 0.0833. The maximum absolute atomic E-state index is 13.3. The van der Waals surface area contributed by atoms with Crippen molar-refractivity contribution in [2.24, 2.45) is 7.05 Å². The van der Waals surface area contributed by atoms with Crippen LogP contribution in [0, 0.1) is 12.7 Å². The number of hydrogen-bond donors (Lipinski definition) is 0. The molecule has 0 N–H and O–H groups in total. The van der Waals surface area contributed by atoms with Crippen molar-refractivity contribution in [3.8, 4) is 33.8 Å². The first-order chi connectivity index (χ1) is 13.1. The molecular formula is C24H20FN2+. The van der Waals surface area contributed by atoms with Gasteiger partial charge < -0.3 is 0 Å². The van der Waals surface area contributed by atoms with Crippen LogP contribution in [0.3, 0.4) is 0 Å². The largest absolute Gasteiger partial charge is 0.239 e. The molecule has 0 spiro atoms. The average Bonchev–Trinajstić information content (AvgIpc) is 2.69. The number of hydrogen-bond acceptors (Lipinski definition) is 1.